The summed E-state index contributed by atoms with van der Waals surface area (Å²) in [7, 11) is 1.47. The first-order chi connectivity index (χ1) is 11.5. The predicted octanol–water partition coefficient (Wildman–Crippen LogP) is 2.19. The molecule has 0 aliphatic heterocycles. The number of carbonyl (C=O) groups excluding carboxylic acids is 2. The van der Waals surface area contributed by atoms with Crippen LogP contribution in [0.3, 0.4) is 0 Å². The minimum Gasteiger partial charge on any atom is -0.493 e. The number of rotatable bonds is 7. The van der Waals surface area contributed by atoms with Crippen LogP contribution in [0.4, 0.5) is 5.82 Å². The van der Waals surface area contributed by atoms with E-state index in [2.05, 4.69) is 10.5 Å². The van der Waals surface area contributed by atoms with E-state index in [1.165, 1.54) is 19.2 Å². The normalized spacial score (nSPS) is 10.1. The number of nitrogens with zero attached hydrogens (tertiary/aromatic N) is 1. The average Bonchev–Trinajstić information content (AvgIpc) is 2.98. The van der Waals surface area contributed by atoms with Gasteiger partial charge in [-0.2, -0.15) is 0 Å². The zero-order valence-corrected chi connectivity index (χ0v) is 13.6. The van der Waals surface area contributed by atoms with E-state index in [1.807, 2.05) is 6.92 Å². The first-order valence-corrected chi connectivity index (χ1v) is 7.24. The Balaban J connectivity index is 1.93. The van der Waals surface area contributed by atoms with Gasteiger partial charge < -0.3 is 24.1 Å². The van der Waals surface area contributed by atoms with Gasteiger partial charge in [0, 0.05) is 6.07 Å². The Morgan fingerprint density at radius 3 is 2.67 bits per heavy atom. The number of methoxy groups -OCH3 is 1. The van der Waals surface area contributed by atoms with Gasteiger partial charge in [0.15, 0.2) is 23.9 Å². The second-order valence-electron chi connectivity index (χ2n) is 4.75. The fourth-order valence-electron chi connectivity index (χ4n) is 1.89. The quantitative estimate of drug-likeness (QED) is 0.775. The van der Waals surface area contributed by atoms with Gasteiger partial charge in [-0.25, -0.2) is 4.79 Å². The van der Waals surface area contributed by atoms with E-state index >= 15 is 0 Å². The summed E-state index contributed by atoms with van der Waals surface area (Å²) in [6.45, 7) is 3.57. The zero-order valence-electron chi connectivity index (χ0n) is 13.6. The molecule has 0 atom stereocenters. The molecular weight excluding hydrogens is 316 g/mol. The molecule has 1 N–H and O–H groups in total. The lowest BCUT2D eigenvalue weighted by molar-refractivity contribution is -0.119. The minimum absolute atomic E-state index is 0.250. The third kappa shape index (κ3) is 4.48. The molecule has 0 aliphatic rings. The van der Waals surface area contributed by atoms with Crippen LogP contribution in [-0.2, 0) is 9.53 Å². The number of esters is 1. The third-order valence-electron chi connectivity index (χ3n) is 2.93. The van der Waals surface area contributed by atoms with Gasteiger partial charge in [0.25, 0.3) is 5.91 Å². The molecule has 8 heteroatoms. The van der Waals surface area contributed by atoms with E-state index in [1.54, 1.807) is 19.1 Å². The molecule has 0 spiro atoms. The van der Waals surface area contributed by atoms with Crippen LogP contribution in [0.2, 0.25) is 0 Å². The molecule has 2 rings (SSSR count). The molecule has 8 nitrogen and oxygen atoms in total. The molecule has 1 heterocycles. The number of carbonyl (C=O) groups is 2. The van der Waals surface area contributed by atoms with Crippen LogP contribution >= 0.6 is 0 Å². The second kappa shape index (κ2) is 8.00. The smallest absolute Gasteiger partial charge is 0.338 e. The SMILES string of the molecule is CCOc1ccc(C(=O)OCC(=O)Nc2cc(C)on2)cc1OC. The third-order valence-corrected chi connectivity index (χ3v) is 2.93. The van der Waals surface area contributed by atoms with Gasteiger partial charge in [-0.1, -0.05) is 5.16 Å². The van der Waals surface area contributed by atoms with Crippen molar-refractivity contribution in [2.75, 3.05) is 25.6 Å². The van der Waals surface area contributed by atoms with Crippen molar-refractivity contribution in [2.24, 2.45) is 0 Å². The van der Waals surface area contributed by atoms with Crippen LogP contribution in [0.5, 0.6) is 11.5 Å². The monoisotopic (exact) mass is 334 g/mol. The molecule has 0 bridgehead atoms. The van der Waals surface area contributed by atoms with Crippen LogP contribution in [0.25, 0.3) is 0 Å². The van der Waals surface area contributed by atoms with Gasteiger partial charge in [0.1, 0.15) is 5.76 Å². The topological polar surface area (TPSA) is 99.9 Å². The Morgan fingerprint density at radius 2 is 2.04 bits per heavy atom. The molecule has 24 heavy (non-hydrogen) atoms. The van der Waals surface area contributed by atoms with E-state index < -0.39 is 18.5 Å². The maximum absolute atomic E-state index is 12.0. The minimum atomic E-state index is -0.650. The lowest BCUT2D eigenvalue weighted by Gasteiger charge is -2.10. The van der Waals surface area contributed by atoms with Crippen LogP contribution < -0.4 is 14.8 Å². The molecule has 2 aromatic rings. The predicted molar refractivity (Wildman–Crippen MR) is 84.3 cm³/mol. The number of anilines is 1. The highest BCUT2D eigenvalue weighted by molar-refractivity contribution is 5.95. The number of hydrogen-bond donors (Lipinski definition) is 1. The number of nitrogens with one attached hydrogen (secondary N) is 1. The highest BCUT2D eigenvalue weighted by Gasteiger charge is 2.14. The molecule has 0 fully saturated rings. The van der Waals surface area contributed by atoms with Crippen molar-refractivity contribution in [2.45, 2.75) is 13.8 Å². The molecule has 0 saturated carbocycles. The number of benzene rings is 1. The molecule has 1 amide bonds. The summed E-state index contributed by atoms with van der Waals surface area (Å²) in [6, 6.07) is 6.19. The van der Waals surface area contributed by atoms with Crippen molar-refractivity contribution in [3.8, 4) is 11.5 Å². The van der Waals surface area contributed by atoms with Crippen LogP contribution in [0.1, 0.15) is 23.0 Å². The Labute approximate surface area is 138 Å². The maximum atomic E-state index is 12.0. The molecule has 0 aliphatic carbocycles. The van der Waals surface area contributed by atoms with E-state index in [9.17, 15) is 9.59 Å². The fraction of sp³-hybridized carbons (Fsp3) is 0.312. The Morgan fingerprint density at radius 1 is 1.25 bits per heavy atom. The molecular formula is C16H18N2O6. The Bertz CT molecular complexity index is 725. The molecule has 0 unspecified atom stereocenters. The van der Waals surface area contributed by atoms with Crippen molar-refractivity contribution >= 4 is 17.7 Å². The van der Waals surface area contributed by atoms with Gasteiger partial charge in [-0.3, -0.25) is 4.79 Å². The first kappa shape index (κ1) is 17.3. The van der Waals surface area contributed by atoms with Gasteiger partial charge in [0.2, 0.25) is 0 Å². The highest BCUT2D eigenvalue weighted by Crippen LogP contribution is 2.28. The fourth-order valence-corrected chi connectivity index (χ4v) is 1.89. The maximum Gasteiger partial charge on any atom is 0.338 e. The largest absolute Gasteiger partial charge is 0.493 e. The lowest BCUT2D eigenvalue weighted by Crippen LogP contribution is -2.21. The summed E-state index contributed by atoms with van der Waals surface area (Å²) in [6.07, 6.45) is 0. The zero-order chi connectivity index (χ0) is 17.5. The summed E-state index contributed by atoms with van der Waals surface area (Å²) < 4.78 is 20.3. The van der Waals surface area contributed by atoms with E-state index in [4.69, 9.17) is 18.7 Å². The summed E-state index contributed by atoms with van der Waals surface area (Å²) >= 11 is 0. The average molecular weight is 334 g/mol. The standard InChI is InChI=1S/C16H18N2O6/c1-4-22-12-6-5-11(8-13(12)21-3)16(20)23-9-15(19)17-14-7-10(2)24-18-14/h5-8H,4,9H2,1-3H3,(H,17,18,19). The molecule has 0 radical (unpaired) electrons. The van der Waals surface area contributed by atoms with Crippen LogP contribution in [0.15, 0.2) is 28.8 Å². The van der Waals surface area contributed by atoms with Gasteiger partial charge >= 0.3 is 5.97 Å². The number of aromatic nitrogens is 1. The molecule has 1 aromatic carbocycles. The van der Waals surface area contributed by atoms with Crippen molar-refractivity contribution < 1.29 is 28.3 Å². The first-order valence-electron chi connectivity index (χ1n) is 7.24. The summed E-state index contributed by atoms with van der Waals surface area (Å²) in [5.74, 6) is 0.585. The van der Waals surface area contributed by atoms with E-state index in [0.717, 1.165) is 0 Å². The Kier molecular flexibility index (Phi) is 5.78. The summed E-state index contributed by atoms with van der Waals surface area (Å²) in [4.78, 5) is 23.7. The second-order valence-corrected chi connectivity index (χ2v) is 4.75. The van der Waals surface area contributed by atoms with Crippen LogP contribution in [-0.4, -0.2) is 37.4 Å². The van der Waals surface area contributed by atoms with Crippen molar-refractivity contribution in [1.29, 1.82) is 0 Å². The van der Waals surface area contributed by atoms with Crippen molar-refractivity contribution in [1.82, 2.24) is 5.16 Å². The van der Waals surface area contributed by atoms with Gasteiger partial charge in [0.05, 0.1) is 19.3 Å². The van der Waals surface area contributed by atoms with E-state index in [-0.39, 0.29) is 11.4 Å². The van der Waals surface area contributed by atoms with Crippen LogP contribution in [0, 0.1) is 6.92 Å². The van der Waals surface area contributed by atoms with Crippen molar-refractivity contribution in [3.63, 3.8) is 0 Å². The number of ether oxygens (including phenoxy) is 3. The molecule has 128 valence electrons. The highest BCUT2D eigenvalue weighted by atomic mass is 16.5. The number of amides is 1. The van der Waals surface area contributed by atoms with Gasteiger partial charge in [-0.15, -0.1) is 0 Å². The van der Waals surface area contributed by atoms with E-state index in [0.29, 0.717) is 23.9 Å². The Hall–Kier alpha value is -3.03. The summed E-state index contributed by atoms with van der Waals surface area (Å²) in [5.41, 5.74) is 0.250. The van der Waals surface area contributed by atoms with Crippen molar-refractivity contribution in [3.05, 3.63) is 35.6 Å². The lowest BCUT2D eigenvalue weighted by atomic mass is 10.2. The molecule has 1 aromatic heterocycles. The number of hydrogen-bond acceptors (Lipinski definition) is 7. The number of aryl methyl sites for hydroxylation is 1. The molecule has 0 saturated heterocycles. The summed E-state index contributed by atoms with van der Waals surface area (Å²) in [5, 5.41) is 6.07. The van der Waals surface area contributed by atoms with Gasteiger partial charge in [-0.05, 0) is 32.0 Å².